The summed E-state index contributed by atoms with van der Waals surface area (Å²) in [5, 5.41) is 12.6. The van der Waals surface area contributed by atoms with Gasteiger partial charge < -0.3 is 10.1 Å². The Morgan fingerprint density at radius 3 is 2.60 bits per heavy atom. The Hall–Kier alpha value is -2.47. The van der Waals surface area contributed by atoms with Crippen LogP contribution in [0.2, 0.25) is 0 Å². The van der Waals surface area contributed by atoms with Gasteiger partial charge in [0.25, 0.3) is 0 Å². The fraction of sp³-hybridized carbons (Fsp3) is 0.235. The van der Waals surface area contributed by atoms with Crippen molar-refractivity contribution in [2.75, 3.05) is 11.9 Å². The van der Waals surface area contributed by atoms with Gasteiger partial charge in [0, 0.05) is 5.69 Å². The minimum absolute atomic E-state index is 0.391. The first-order chi connectivity index (χ1) is 9.72. The molecular formula is C17H18N2O. The topological polar surface area (TPSA) is 45.0 Å². The van der Waals surface area contributed by atoms with Crippen LogP contribution in [0.3, 0.4) is 0 Å². The molecule has 2 rings (SSSR count). The highest BCUT2D eigenvalue weighted by molar-refractivity contribution is 5.49. The van der Waals surface area contributed by atoms with E-state index in [0.29, 0.717) is 6.61 Å². The van der Waals surface area contributed by atoms with Gasteiger partial charge >= 0.3 is 0 Å². The van der Waals surface area contributed by atoms with E-state index in [2.05, 4.69) is 11.4 Å². The molecule has 2 aromatic rings. The average molecular weight is 266 g/mol. The second-order valence-corrected chi connectivity index (χ2v) is 4.58. The molecule has 0 saturated carbocycles. The Morgan fingerprint density at radius 2 is 1.95 bits per heavy atom. The van der Waals surface area contributed by atoms with Crippen molar-refractivity contribution in [2.45, 2.75) is 19.9 Å². The van der Waals surface area contributed by atoms with Crippen LogP contribution >= 0.6 is 0 Å². The van der Waals surface area contributed by atoms with Crippen LogP contribution in [0.15, 0.2) is 48.5 Å². The molecule has 3 heteroatoms. The molecule has 0 aliphatic heterocycles. The van der Waals surface area contributed by atoms with Gasteiger partial charge in [-0.1, -0.05) is 29.8 Å². The molecular weight excluding hydrogens is 248 g/mol. The fourth-order valence-corrected chi connectivity index (χ4v) is 1.96. The molecule has 0 amide bonds. The van der Waals surface area contributed by atoms with Crippen LogP contribution in [0, 0.1) is 18.3 Å². The molecule has 3 nitrogen and oxygen atoms in total. The summed E-state index contributed by atoms with van der Waals surface area (Å²) >= 11 is 0. The summed E-state index contributed by atoms with van der Waals surface area (Å²) < 4.78 is 5.47. The van der Waals surface area contributed by atoms with E-state index in [4.69, 9.17) is 4.74 Å². The van der Waals surface area contributed by atoms with E-state index in [1.54, 1.807) is 0 Å². The first-order valence-electron chi connectivity index (χ1n) is 6.68. The van der Waals surface area contributed by atoms with Crippen molar-refractivity contribution in [1.82, 2.24) is 0 Å². The Labute approximate surface area is 119 Å². The van der Waals surface area contributed by atoms with Gasteiger partial charge in [-0.25, -0.2) is 0 Å². The fourth-order valence-electron chi connectivity index (χ4n) is 1.96. The zero-order chi connectivity index (χ0) is 14.4. The summed E-state index contributed by atoms with van der Waals surface area (Å²) in [6.45, 7) is 4.60. The number of rotatable bonds is 5. The number of ether oxygens (including phenoxy) is 1. The highest BCUT2D eigenvalue weighted by Gasteiger charge is 2.11. The number of nitrogens with one attached hydrogen (secondary N) is 1. The van der Waals surface area contributed by atoms with Crippen molar-refractivity contribution in [3.05, 3.63) is 59.7 Å². The van der Waals surface area contributed by atoms with Crippen molar-refractivity contribution in [3.63, 3.8) is 0 Å². The molecule has 0 aliphatic rings. The number of hydrogen-bond acceptors (Lipinski definition) is 3. The molecule has 0 bridgehead atoms. The maximum atomic E-state index is 9.36. The molecule has 0 fully saturated rings. The standard InChI is InChI=1S/C17H18N2O/c1-3-20-16-6-4-5-14(11-16)17(12-18)19-15-9-7-13(2)8-10-15/h4-11,17,19H,3H2,1-2H3. The molecule has 0 heterocycles. The summed E-state index contributed by atoms with van der Waals surface area (Å²) in [4.78, 5) is 0. The van der Waals surface area contributed by atoms with Gasteiger partial charge in [-0.05, 0) is 43.7 Å². The predicted molar refractivity (Wildman–Crippen MR) is 80.8 cm³/mol. The van der Waals surface area contributed by atoms with Crippen molar-refractivity contribution < 1.29 is 4.74 Å². The van der Waals surface area contributed by atoms with Crippen LogP contribution in [0.1, 0.15) is 24.1 Å². The third-order valence-corrected chi connectivity index (χ3v) is 2.99. The smallest absolute Gasteiger partial charge is 0.140 e. The number of nitrogens with zero attached hydrogens (tertiary/aromatic N) is 1. The van der Waals surface area contributed by atoms with Crippen molar-refractivity contribution in [1.29, 1.82) is 5.26 Å². The summed E-state index contributed by atoms with van der Waals surface area (Å²) in [6, 6.07) is 17.5. The van der Waals surface area contributed by atoms with Crippen LogP contribution in [-0.2, 0) is 0 Å². The Morgan fingerprint density at radius 1 is 1.20 bits per heavy atom. The van der Waals surface area contributed by atoms with E-state index >= 15 is 0 Å². The number of aryl methyl sites for hydroxylation is 1. The lowest BCUT2D eigenvalue weighted by atomic mass is 10.1. The van der Waals surface area contributed by atoms with Gasteiger partial charge in [0.1, 0.15) is 11.8 Å². The van der Waals surface area contributed by atoms with Crippen LogP contribution < -0.4 is 10.1 Å². The van der Waals surface area contributed by atoms with Gasteiger partial charge in [0.15, 0.2) is 0 Å². The SMILES string of the molecule is CCOc1cccc(C(C#N)Nc2ccc(C)cc2)c1. The van der Waals surface area contributed by atoms with Crippen LogP contribution in [0.4, 0.5) is 5.69 Å². The van der Waals surface area contributed by atoms with E-state index in [1.165, 1.54) is 5.56 Å². The molecule has 1 atom stereocenters. The van der Waals surface area contributed by atoms with Gasteiger partial charge in [-0.15, -0.1) is 0 Å². The minimum Gasteiger partial charge on any atom is -0.494 e. The van der Waals surface area contributed by atoms with Gasteiger partial charge in [0.2, 0.25) is 0 Å². The highest BCUT2D eigenvalue weighted by atomic mass is 16.5. The number of hydrogen-bond donors (Lipinski definition) is 1. The molecule has 2 aromatic carbocycles. The molecule has 0 spiro atoms. The monoisotopic (exact) mass is 266 g/mol. The van der Waals surface area contributed by atoms with Gasteiger partial charge in [-0.2, -0.15) is 5.26 Å². The second-order valence-electron chi connectivity index (χ2n) is 4.58. The Balaban J connectivity index is 2.17. The average Bonchev–Trinajstić information content (AvgIpc) is 2.47. The van der Waals surface area contributed by atoms with Gasteiger partial charge in [-0.3, -0.25) is 0 Å². The van der Waals surface area contributed by atoms with Crippen LogP contribution in [0.25, 0.3) is 0 Å². The number of nitriles is 1. The van der Waals surface area contributed by atoms with Gasteiger partial charge in [0.05, 0.1) is 12.7 Å². The van der Waals surface area contributed by atoms with Crippen molar-refractivity contribution in [2.24, 2.45) is 0 Å². The van der Waals surface area contributed by atoms with Crippen molar-refractivity contribution >= 4 is 5.69 Å². The quantitative estimate of drug-likeness (QED) is 0.887. The van der Waals surface area contributed by atoms with E-state index < -0.39 is 6.04 Å². The van der Waals surface area contributed by atoms with Crippen LogP contribution in [-0.4, -0.2) is 6.61 Å². The van der Waals surface area contributed by atoms with E-state index in [-0.39, 0.29) is 0 Å². The third-order valence-electron chi connectivity index (χ3n) is 2.99. The molecule has 0 saturated heterocycles. The zero-order valence-corrected chi connectivity index (χ0v) is 11.8. The highest BCUT2D eigenvalue weighted by Crippen LogP contribution is 2.23. The van der Waals surface area contributed by atoms with Crippen LogP contribution in [0.5, 0.6) is 5.75 Å². The van der Waals surface area contributed by atoms with E-state index in [9.17, 15) is 5.26 Å². The molecule has 1 N–H and O–H groups in total. The van der Waals surface area contributed by atoms with E-state index in [1.807, 2.05) is 62.4 Å². The number of anilines is 1. The zero-order valence-electron chi connectivity index (χ0n) is 11.8. The molecule has 20 heavy (non-hydrogen) atoms. The lowest BCUT2D eigenvalue weighted by molar-refractivity contribution is 0.340. The van der Waals surface area contributed by atoms with E-state index in [0.717, 1.165) is 17.0 Å². The second kappa shape index (κ2) is 6.63. The van der Waals surface area contributed by atoms with Crippen molar-refractivity contribution in [3.8, 4) is 11.8 Å². The normalized spacial score (nSPS) is 11.4. The maximum Gasteiger partial charge on any atom is 0.140 e. The summed E-state index contributed by atoms with van der Waals surface area (Å²) in [7, 11) is 0. The summed E-state index contributed by atoms with van der Waals surface area (Å²) in [5.41, 5.74) is 3.03. The lowest BCUT2D eigenvalue weighted by Crippen LogP contribution is -2.08. The molecule has 102 valence electrons. The first-order valence-corrected chi connectivity index (χ1v) is 6.68. The molecule has 0 aliphatic carbocycles. The summed E-state index contributed by atoms with van der Waals surface area (Å²) in [6.07, 6.45) is 0. The maximum absolute atomic E-state index is 9.36. The lowest BCUT2D eigenvalue weighted by Gasteiger charge is -2.14. The predicted octanol–water partition coefficient (Wildman–Crippen LogP) is 4.07. The largest absolute Gasteiger partial charge is 0.494 e. The molecule has 1 unspecified atom stereocenters. The Bertz CT molecular complexity index is 599. The first kappa shape index (κ1) is 14.0. The summed E-state index contributed by atoms with van der Waals surface area (Å²) in [5.74, 6) is 0.788. The minimum atomic E-state index is -0.391. The third kappa shape index (κ3) is 3.52. The number of benzene rings is 2. The molecule has 0 radical (unpaired) electrons. The Kier molecular flexibility index (Phi) is 4.62. The molecule has 0 aromatic heterocycles.